The van der Waals surface area contributed by atoms with E-state index in [1.54, 1.807) is 18.2 Å². The van der Waals surface area contributed by atoms with Crippen LogP contribution in [0.5, 0.6) is 0 Å². The first kappa shape index (κ1) is 8.33. The van der Waals surface area contributed by atoms with E-state index in [1.165, 1.54) is 12.3 Å². The van der Waals surface area contributed by atoms with E-state index in [1.807, 2.05) is 0 Å². The lowest BCUT2D eigenvalue weighted by Crippen LogP contribution is -1.94. The first-order chi connectivity index (χ1) is 5.75. The van der Waals surface area contributed by atoms with Crippen molar-refractivity contribution in [3.63, 3.8) is 0 Å². The highest BCUT2D eigenvalue weighted by Crippen LogP contribution is 2.11. The van der Waals surface area contributed by atoms with Crippen molar-refractivity contribution >= 4 is 12.0 Å². The molecule has 1 heterocycles. The second kappa shape index (κ2) is 3.57. The Hall–Kier alpha value is -1.77. The molecule has 0 unspecified atom stereocenters. The summed E-state index contributed by atoms with van der Waals surface area (Å²) in [7, 11) is 0. The smallest absolute Gasteiger partial charge is 0.339 e. The number of hydrogen-bond acceptors (Lipinski definition) is 2. The zero-order valence-electron chi connectivity index (χ0n) is 6.36. The molecule has 3 heteroatoms. The first-order valence-electron chi connectivity index (χ1n) is 3.35. The molecule has 0 saturated carbocycles. The maximum absolute atomic E-state index is 10.5. The van der Waals surface area contributed by atoms with Crippen LogP contribution in [0.15, 0.2) is 35.5 Å². The molecule has 62 valence electrons. The third-order valence-corrected chi connectivity index (χ3v) is 1.31. The molecule has 0 saturated heterocycles. The van der Waals surface area contributed by atoms with E-state index in [9.17, 15) is 4.79 Å². The summed E-state index contributed by atoms with van der Waals surface area (Å²) in [6.45, 7) is 3.46. The minimum atomic E-state index is -0.993. The van der Waals surface area contributed by atoms with E-state index >= 15 is 0 Å². The van der Waals surface area contributed by atoms with E-state index in [4.69, 9.17) is 9.52 Å². The van der Waals surface area contributed by atoms with Gasteiger partial charge in [-0.3, -0.25) is 0 Å². The highest BCUT2D eigenvalue weighted by Gasteiger charge is 2.09. The van der Waals surface area contributed by atoms with E-state index in [0.29, 0.717) is 5.76 Å². The van der Waals surface area contributed by atoms with Crippen LogP contribution in [0, 0.1) is 0 Å². The Morgan fingerprint density at radius 1 is 1.67 bits per heavy atom. The summed E-state index contributed by atoms with van der Waals surface area (Å²) in [6, 6.07) is 1.41. The largest absolute Gasteiger partial charge is 0.478 e. The molecule has 1 aromatic heterocycles. The molecule has 0 aliphatic rings. The van der Waals surface area contributed by atoms with Crippen LogP contribution in [0.2, 0.25) is 0 Å². The van der Waals surface area contributed by atoms with Gasteiger partial charge in [0.15, 0.2) is 0 Å². The fourth-order valence-electron chi connectivity index (χ4n) is 0.782. The Bertz CT molecular complexity index is 320. The molecule has 0 fully saturated rings. The molecule has 0 bridgehead atoms. The predicted molar refractivity (Wildman–Crippen MR) is 44.9 cm³/mol. The fourth-order valence-corrected chi connectivity index (χ4v) is 0.782. The van der Waals surface area contributed by atoms with Gasteiger partial charge in [0.05, 0.1) is 6.26 Å². The zero-order chi connectivity index (χ0) is 8.97. The van der Waals surface area contributed by atoms with Crippen molar-refractivity contribution in [1.82, 2.24) is 0 Å². The summed E-state index contributed by atoms with van der Waals surface area (Å²) in [5.41, 5.74) is 0.160. The van der Waals surface area contributed by atoms with Crippen LogP contribution < -0.4 is 0 Å². The lowest BCUT2D eigenvalue weighted by Gasteiger charge is -1.88. The maximum Gasteiger partial charge on any atom is 0.339 e. The lowest BCUT2D eigenvalue weighted by atomic mass is 10.2. The summed E-state index contributed by atoms with van der Waals surface area (Å²) in [5.74, 6) is -0.658. The van der Waals surface area contributed by atoms with E-state index in [0.717, 1.165) is 0 Å². The van der Waals surface area contributed by atoms with Crippen molar-refractivity contribution in [2.75, 3.05) is 0 Å². The minimum absolute atomic E-state index is 0.160. The van der Waals surface area contributed by atoms with Crippen molar-refractivity contribution < 1.29 is 14.3 Å². The van der Waals surface area contributed by atoms with Crippen molar-refractivity contribution in [1.29, 1.82) is 0 Å². The molecule has 0 atom stereocenters. The van der Waals surface area contributed by atoms with Crippen LogP contribution in [0.1, 0.15) is 16.1 Å². The summed E-state index contributed by atoms with van der Waals surface area (Å²) >= 11 is 0. The van der Waals surface area contributed by atoms with Crippen molar-refractivity contribution in [2.45, 2.75) is 0 Å². The zero-order valence-corrected chi connectivity index (χ0v) is 6.36. The van der Waals surface area contributed by atoms with Gasteiger partial charge in [0, 0.05) is 0 Å². The topological polar surface area (TPSA) is 50.4 Å². The Labute approximate surface area is 69.6 Å². The number of carboxylic acids is 1. The van der Waals surface area contributed by atoms with Gasteiger partial charge in [-0.25, -0.2) is 4.79 Å². The second-order valence-corrected chi connectivity index (χ2v) is 2.10. The van der Waals surface area contributed by atoms with Crippen LogP contribution in [0.25, 0.3) is 6.08 Å². The van der Waals surface area contributed by atoms with Crippen LogP contribution in [0.4, 0.5) is 0 Å². The molecule has 0 amide bonds. The molecule has 1 N–H and O–H groups in total. The quantitative estimate of drug-likeness (QED) is 0.696. The number of hydrogen-bond donors (Lipinski definition) is 1. The summed E-state index contributed by atoms with van der Waals surface area (Å²) in [6.07, 6.45) is 6.06. The third-order valence-electron chi connectivity index (χ3n) is 1.31. The Morgan fingerprint density at radius 3 is 3.00 bits per heavy atom. The summed E-state index contributed by atoms with van der Waals surface area (Å²) in [5, 5.41) is 8.63. The van der Waals surface area contributed by atoms with Crippen molar-refractivity contribution in [2.24, 2.45) is 0 Å². The van der Waals surface area contributed by atoms with Gasteiger partial charge < -0.3 is 9.52 Å². The van der Waals surface area contributed by atoms with E-state index in [-0.39, 0.29) is 5.56 Å². The van der Waals surface area contributed by atoms with Crippen LogP contribution >= 0.6 is 0 Å². The number of allylic oxidation sites excluding steroid dienone is 2. The fraction of sp³-hybridized carbons (Fsp3) is 0. The summed E-state index contributed by atoms with van der Waals surface area (Å²) in [4.78, 5) is 10.5. The second-order valence-electron chi connectivity index (χ2n) is 2.10. The molecule has 0 aliphatic carbocycles. The molecule has 3 nitrogen and oxygen atoms in total. The number of furan rings is 1. The molecular weight excluding hydrogens is 156 g/mol. The normalized spacial score (nSPS) is 10.3. The van der Waals surface area contributed by atoms with Gasteiger partial charge >= 0.3 is 5.97 Å². The predicted octanol–water partition coefficient (Wildman–Crippen LogP) is 2.18. The third kappa shape index (κ3) is 1.63. The number of aromatic carboxylic acids is 1. The van der Waals surface area contributed by atoms with Gasteiger partial charge in [0.1, 0.15) is 11.3 Å². The van der Waals surface area contributed by atoms with Crippen molar-refractivity contribution in [3.05, 3.63) is 42.4 Å². The molecule has 0 radical (unpaired) electrons. The minimum Gasteiger partial charge on any atom is -0.478 e. The van der Waals surface area contributed by atoms with Crippen LogP contribution in [0.3, 0.4) is 0 Å². The SMILES string of the molecule is C=C/C=C/c1occc1C(=O)O. The molecule has 1 rings (SSSR count). The van der Waals surface area contributed by atoms with Gasteiger partial charge in [0.2, 0.25) is 0 Å². The van der Waals surface area contributed by atoms with Crippen LogP contribution in [-0.2, 0) is 0 Å². The monoisotopic (exact) mass is 164 g/mol. The lowest BCUT2D eigenvalue weighted by molar-refractivity contribution is 0.0696. The summed E-state index contributed by atoms with van der Waals surface area (Å²) < 4.78 is 4.91. The molecule has 1 aromatic rings. The van der Waals surface area contributed by atoms with Crippen molar-refractivity contribution in [3.8, 4) is 0 Å². The first-order valence-corrected chi connectivity index (χ1v) is 3.35. The van der Waals surface area contributed by atoms with Gasteiger partial charge in [-0.2, -0.15) is 0 Å². The van der Waals surface area contributed by atoms with Gasteiger partial charge in [0.25, 0.3) is 0 Å². The van der Waals surface area contributed by atoms with E-state index < -0.39 is 5.97 Å². The average Bonchev–Trinajstić information content (AvgIpc) is 2.48. The Balaban J connectivity index is 2.99. The van der Waals surface area contributed by atoms with E-state index in [2.05, 4.69) is 6.58 Å². The highest BCUT2D eigenvalue weighted by atomic mass is 16.4. The maximum atomic E-state index is 10.5. The number of rotatable bonds is 3. The van der Waals surface area contributed by atoms with Gasteiger partial charge in [-0.1, -0.05) is 18.7 Å². The Morgan fingerprint density at radius 2 is 2.42 bits per heavy atom. The highest BCUT2D eigenvalue weighted by molar-refractivity contribution is 5.91. The standard InChI is InChI=1S/C9H8O3/c1-2-3-4-8-7(9(10)11)5-6-12-8/h2-6H,1H2,(H,10,11)/b4-3+. The molecule has 0 aliphatic heterocycles. The van der Waals surface area contributed by atoms with Gasteiger partial charge in [-0.05, 0) is 12.1 Å². The average molecular weight is 164 g/mol. The molecule has 0 aromatic carbocycles. The number of carboxylic acid groups (broad SMARTS) is 1. The Kier molecular flexibility index (Phi) is 2.48. The van der Waals surface area contributed by atoms with Crippen LogP contribution in [-0.4, -0.2) is 11.1 Å². The molecule has 0 spiro atoms. The number of carbonyl (C=O) groups is 1. The molecular formula is C9H8O3. The van der Waals surface area contributed by atoms with Gasteiger partial charge in [-0.15, -0.1) is 0 Å². The molecule has 12 heavy (non-hydrogen) atoms.